The quantitative estimate of drug-likeness (QED) is 0.613. The summed E-state index contributed by atoms with van der Waals surface area (Å²) in [5.74, 6) is -0.278. The predicted molar refractivity (Wildman–Crippen MR) is 42.9 cm³/mol. The molecule has 2 bridgehead atoms. The van der Waals surface area contributed by atoms with Crippen LogP contribution in [0.15, 0.2) is 0 Å². The second-order valence-electron chi connectivity index (χ2n) is 3.22. The van der Waals surface area contributed by atoms with E-state index < -0.39 is 5.97 Å². The van der Waals surface area contributed by atoms with Crippen LogP contribution in [0, 0.1) is 11.8 Å². The van der Waals surface area contributed by atoms with Gasteiger partial charge in [-0.1, -0.05) is 0 Å². The van der Waals surface area contributed by atoms with Crippen LogP contribution < -0.4 is 5.32 Å². The van der Waals surface area contributed by atoms with Crippen molar-refractivity contribution in [1.29, 1.82) is 0 Å². The molecule has 2 rings (SSSR count). The second-order valence-corrected chi connectivity index (χ2v) is 3.22. The maximum Gasteiger partial charge on any atom is 0.308 e. The number of halogens is 1. The van der Waals surface area contributed by atoms with E-state index in [0.29, 0.717) is 5.92 Å². The molecule has 1 heterocycles. The number of hydrogen-bond acceptors (Lipinski definition) is 2. The van der Waals surface area contributed by atoms with Crippen LogP contribution in [0.3, 0.4) is 0 Å². The number of carbonyl (C=O) groups is 1. The standard InChI is InChI=1S/C7H11NO2.ClH/c9-7(10)6-4-1-2-5(6)8-3-4;/h4-6,8H,1-3H2,(H,9,10);1H/t4-,5-,6-;/m0./s1. The number of piperidine rings is 1. The average molecular weight is 178 g/mol. The lowest BCUT2D eigenvalue weighted by Gasteiger charge is -2.08. The molecule has 1 aliphatic heterocycles. The van der Waals surface area contributed by atoms with Crippen molar-refractivity contribution in [1.82, 2.24) is 5.32 Å². The number of aliphatic carboxylic acids is 1. The molecule has 1 saturated heterocycles. The van der Waals surface area contributed by atoms with E-state index in [1.165, 1.54) is 0 Å². The van der Waals surface area contributed by atoms with Crippen LogP contribution in [0.25, 0.3) is 0 Å². The zero-order chi connectivity index (χ0) is 7.14. The Morgan fingerprint density at radius 2 is 2.18 bits per heavy atom. The summed E-state index contributed by atoms with van der Waals surface area (Å²) in [7, 11) is 0. The molecular weight excluding hydrogens is 166 g/mol. The van der Waals surface area contributed by atoms with E-state index in [1.807, 2.05) is 0 Å². The monoisotopic (exact) mass is 177 g/mol. The normalized spacial score (nSPS) is 40.2. The Bertz CT molecular complexity index is 154. The average Bonchev–Trinajstić information content (AvgIpc) is 2.43. The maximum atomic E-state index is 10.6. The van der Waals surface area contributed by atoms with Crippen LogP contribution in [0.1, 0.15) is 12.8 Å². The van der Waals surface area contributed by atoms with Gasteiger partial charge in [-0.05, 0) is 25.3 Å². The van der Waals surface area contributed by atoms with Gasteiger partial charge in [0.05, 0.1) is 5.92 Å². The van der Waals surface area contributed by atoms with E-state index >= 15 is 0 Å². The molecule has 0 aromatic carbocycles. The molecule has 64 valence electrons. The van der Waals surface area contributed by atoms with E-state index in [4.69, 9.17) is 5.11 Å². The Kier molecular flexibility index (Phi) is 2.40. The minimum absolute atomic E-state index is 0. The Hall–Kier alpha value is -0.280. The maximum absolute atomic E-state index is 10.6. The van der Waals surface area contributed by atoms with Crippen molar-refractivity contribution in [2.45, 2.75) is 18.9 Å². The van der Waals surface area contributed by atoms with Crippen LogP contribution in [-0.2, 0) is 4.79 Å². The first-order valence-corrected chi connectivity index (χ1v) is 3.75. The summed E-state index contributed by atoms with van der Waals surface area (Å²) in [6.07, 6.45) is 2.16. The van der Waals surface area contributed by atoms with Gasteiger partial charge in [0.2, 0.25) is 0 Å². The summed E-state index contributed by atoms with van der Waals surface area (Å²) in [4.78, 5) is 10.6. The van der Waals surface area contributed by atoms with Gasteiger partial charge >= 0.3 is 5.97 Å². The van der Waals surface area contributed by atoms with Crippen LogP contribution in [0.5, 0.6) is 0 Å². The second kappa shape index (κ2) is 2.99. The van der Waals surface area contributed by atoms with Gasteiger partial charge in [0, 0.05) is 6.04 Å². The fourth-order valence-corrected chi connectivity index (χ4v) is 2.22. The fourth-order valence-electron chi connectivity index (χ4n) is 2.22. The highest BCUT2D eigenvalue weighted by atomic mass is 35.5. The lowest BCUT2D eigenvalue weighted by molar-refractivity contribution is -0.142. The summed E-state index contributed by atoms with van der Waals surface area (Å²) < 4.78 is 0. The topological polar surface area (TPSA) is 49.3 Å². The van der Waals surface area contributed by atoms with Gasteiger partial charge in [0.15, 0.2) is 0 Å². The Morgan fingerprint density at radius 1 is 1.45 bits per heavy atom. The van der Waals surface area contributed by atoms with Crippen LogP contribution in [0.4, 0.5) is 0 Å². The van der Waals surface area contributed by atoms with Crippen LogP contribution in [-0.4, -0.2) is 23.7 Å². The molecule has 1 aliphatic carbocycles. The molecule has 2 aliphatic rings. The highest BCUT2D eigenvalue weighted by molar-refractivity contribution is 5.85. The molecule has 2 fully saturated rings. The van der Waals surface area contributed by atoms with Crippen LogP contribution >= 0.6 is 12.4 Å². The molecule has 0 radical (unpaired) electrons. The third-order valence-corrected chi connectivity index (χ3v) is 2.72. The number of hydrogen-bond donors (Lipinski definition) is 2. The van der Waals surface area contributed by atoms with Crippen molar-refractivity contribution in [3.63, 3.8) is 0 Å². The highest BCUT2D eigenvalue weighted by Gasteiger charge is 2.45. The lowest BCUT2D eigenvalue weighted by atomic mass is 9.99. The SMILES string of the molecule is Cl.O=C(O)[C@H]1[C@H]2CC[C@@H]1NC2. The van der Waals surface area contributed by atoms with E-state index in [1.54, 1.807) is 0 Å². The molecule has 0 unspecified atom stereocenters. The molecule has 0 amide bonds. The molecule has 0 spiro atoms. The molecule has 4 heteroatoms. The zero-order valence-corrected chi connectivity index (χ0v) is 6.93. The van der Waals surface area contributed by atoms with Crippen molar-refractivity contribution in [3.05, 3.63) is 0 Å². The molecule has 11 heavy (non-hydrogen) atoms. The van der Waals surface area contributed by atoms with Crippen molar-refractivity contribution >= 4 is 18.4 Å². The zero-order valence-electron chi connectivity index (χ0n) is 6.12. The van der Waals surface area contributed by atoms with E-state index in [0.717, 1.165) is 19.4 Å². The largest absolute Gasteiger partial charge is 0.481 e. The number of nitrogens with one attached hydrogen (secondary N) is 1. The highest BCUT2D eigenvalue weighted by Crippen LogP contribution is 2.36. The van der Waals surface area contributed by atoms with Gasteiger partial charge in [-0.25, -0.2) is 0 Å². The molecule has 3 nitrogen and oxygen atoms in total. The fraction of sp³-hybridized carbons (Fsp3) is 0.857. The first kappa shape index (κ1) is 8.81. The molecule has 3 atom stereocenters. The van der Waals surface area contributed by atoms with Crippen molar-refractivity contribution in [3.8, 4) is 0 Å². The molecule has 2 N–H and O–H groups in total. The van der Waals surface area contributed by atoms with Gasteiger partial charge in [0.25, 0.3) is 0 Å². The first-order valence-electron chi connectivity index (χ1n) is 3.75. The number of carboxylic acids is 1. The third-order valence-electron chi connectivity index (χ3n) is 2.72. The van der Waals surface area contributed by atoms with E-state index in [2.05, 4.69) is 5.32 Å². The number of carboxylic acid groups (broad SMARTS) is 1. The molecular formula is C7H12ClNO2. The Balaban J connectivity index is 0.000000605. The third kappa shape index (κ3) is 1.23. The van der Waals surface area contributed by atoms with Gasteiger partial charge in [-0.3, -0.25) is 4.79 Å². The van der Waals surface area contributed by atoms with Crippen molar-refractivity contribution in [2.24, 2.45) is 11.8 Å². The minimum Gasteiger partial charge on any atom is -0.481 e. The predicted octanol–water partition coefficient (Wildman–Crippen LogP) is 0.491. The summed E-state index contributed by atoms with van der Waals surface area (Å²) in [5, 5.41) is 12.0. The summed E-state index contributed by atoms with van der Waals surface area (Å²) in [5.41, 5.74) is 0. The van der Waals surface area contributed by atoms with Gasteiger partial charge < -0.3 is 10.4 Å². The van der Waals surface area contributed by atoms with Crippen LogP contribution in [0.2, 0.25) is 0 Å². The smallest absolute Gasteiger partial charge is 0.308 e. The molecule has 0 aromatic rings. The van der Waals surface area contributed by atoms with Crippen molar-refractivity contribution in [2.75, 3.05) is 6.54 Å². The lowest BCUT2D eigenvalue weighted by Crippen LogP contribution is -2.28. The summed E-state index contributed by atoms with van der Waals surface area (Å²) in [6, 6.07) is 0.280. The molecule has 1 saturated carbocycles. The van der Waals surface area contributed by atoms with E-state index in [9.17, 15) is 4.79 Å². The number of rotatable bonds is 1. The molecule has 0 aromatic heterocycles. The van der Waals surface area contributed by atoms with Gasteiger partial charge in [-0.15, -0.1) is 12.4 Å². The summed E-state index contributed by atoms with van der Waals surface area (Å²) in [6.45, 7) is 0.918. The minimum atomic E-state index is -0.613. The van der Waals surface area contributed by atoms with Gasteiger partial charge in [-0.2, -0.15) is 0 Å². The van der Waals surface area contributed by atoms with Gasteiger partial charge in [0.1, 0.15) is 0 Å². The van der Waals surface area contributed by atoms with Crippen molar-refractivity contribution < 1.29 is 9.90 Å². The Morgan fingerprint density at radius 3 is 2.36 bits per heavy atom. The Labute approximate surface area is 71.6 Å². The summed E-state index contributed by atoms with van der Waals surface area (Å²) >= 11 is 0. The van der Waals surface area contributed by atoms with E-state index in [-0.39, 0.29) is 24.4 Å². The first-order chi connectivity index (χ1) is 4.79. The number of fused-ring (bicyclic) bond motifs is 2.